The van der Waals surface area contributed by atoms with Crippen LogP contribution in [0.4, 0.5) is 11.5 Å². The van der Waals surface area contributed by atoms with Crippen molar-refractivity contribution >= 4 is 17.4 Å². The Kier molecular flexibility index (Phi) is 4.74. The van der Waals surface area contributed by atoms with E-state index in [0.717, 1.165) is 31.6 Å². The van der Waals surface area contributed by atoms with Gasteiger partial charge in [-0.2, -0.15) is 0 Å². The van der Waals surface area contributed by atoms with Gasteiger partial charge in [0.2, 0.25) is 5.91 Å². The van der Waals surface area contributed by atoms with E-state index in [1.807, 2.05) is 12.1 Å². The number of carbonyl (C=O) groups is 1. The molecule has 0 radical (unpaired) electrons. The molecule has 1 aromatic carbocycles. The molecule has 0 aliphatic carbocycles. The number of rotatable bonds is 3. The summed E-state index contributed by atoms with van der Waals surface area (Å²) in [5.74, 6) is 0.745. The molecule has 1 fully saturated rings. The molecule has 1 aromatic heterocycles. The van der Waals surface area contributed by atoms with Gasteiger partial charge in [0, 0.05) is 38.7 Å². The number of carbonyl (C=O) groups excluding carboxylic acids is 1. The monoisotopic (exact) mass is 341 g/mol. The number of benzene rings is 1. The zero-order chi connectivity index (χ0) is 18.0. The molecule has 7 heteroatoms. The van der Waals surface area contributed by atoms with Gasteiger partial charge in [-0.15, -0.1) is 10.2 Å². The van der Waals surface area contributed by atoms with Crippen LogP contribution in [0.1, 0.15) is 12.8 Å². The highest BCUT2D eigenvalue weighted by molar-refractivity contribution is 5.79. The summed E-state index contributed by atoms with van der Waals surface area (Å²) in [4.78, 5) is 15.9. The van der Waals surface area contributed by atoms with Crippen LogP contribution in [0.25, 0.3) is 11.3 Å². The van der Waals surface area contributed by atoms with Crippen molar-refractivity contribution in [2.24, 2.45) is 5.92 Å². The van der Waals surface area contributed by atoms with Crippen molar-refractivity contribution in [2.45, 2.75) is 12.8 Å². The molecule has 0 spiro atoms. The number of nitrogens with two attached hydrogens (primary N) is 1. The van der Waals surface area contributed by atoms with E-state index < -0.39 is 0 Å². The van der Waals surface area contributed by atoms with Gasteiger partial charge in [-0.25, -0.2) is 0 Å². The van der Waals surface area contributed by atoms with Crippen LogP contribution in [0, 0.1) is 5.92 Å². The summed E-state index contributed by atoms with van der Waals surface area (Å²) in [6, 6.07) is 8.86. The maximum absolute atomic E-state index is 12.1. The topological polar surface area (TPSA) is 95.6 Å². The fourth-order valence-corrected chi connectivity index (χ4v) is 3.20. The third-order valence-corrected chi connectivity index (χ3v) is 4.61. The number of anilines is 2. The molecular weight excluding hydrogens is 318 g/mol. The summed E-state index contributed by atoms with van der Waals surface area (Å²) >= 11 is 0. The van der Waals surface area contributed by atoms with Gasteiger partial charge in [0.1, 0.15) is 5.75 Å². The van der Waals surface area contributed by atoms with Gasteiger partial charge in [0.25, 0.3) is 0 Å². The number of piperidine rings is 1. The first kappa shape index (κ1) is 17.0. The molecule has 2 aromatic rings. The largest absolute Gasteiger partial charge is 0.507 e. The zero-order valence-electron chi connectivity index (χ0n) is 14.5. The van der Waals surface area contributed by atoms with Crippen LogP contribution in [0.3, 0.4) is 0 Å². The van der Waals surface area contributed by atoms with Crippen molar-refractivity contribution in [1.82, 2.24) is 15.1 Å². The molecule has 25 heavy (non-hydrogen) atoms. The Morgan fingerprint density at radius 1 is 1.24 bits per heavy atom. The van der Waals surface area contributed by atoms with Gasteiger partial charge in [-0.05, 0) is 31.0 Å². The second-order valence-electron chi connectivity index (χ2n) is 6.51. The molecule has 0 bridgehead atoms. The number of amides is 1. The van der Waals surface area contributed by atoms with Gasteiger partial charge in [0.15, 0.2) is 5.82 Å². The number of aromatic nitrogens is 2. The molecule has 0 atom stereocenters. The second-order valence-corrected chi connectivity index (χ2v) is 6.51. The molecule has 3 N–H and O–H groups in total. The molecule has 7 nitrogen and oxygen atoms in total. The predicted molar refractivity (Wildman–Crippen MR) is 97.2 cm³/mol. The maximum atomic E-state index is 12.1. The van der Waals surface area contributed by atoms with Crippen molar-refractivity contribution in [3.05, 3.63) is 30.3 Å². The lowest BCUT2D eigenvalue weighted by Crippen LogP contribution is -2.40. The number of hydrogen-bond acceptors (Lipinski definition) is 6. The quantitative estimate of drug-likeness (QED) is 0.883. The second kappa shape index (κ2) is 6.96. The maximum Gasteiger partial charge on any atom is 0.225 e. The Balaban J connectivity index is 1.81. The first-order chi connectivity index (χ1) is 12.0. The highest BCUT2D eigenvalue weighted by Crippen LogP contribution is 2.33. The van der Waals surface area contributed by atoms with Gasteiger partial charge in [0.05, 0.1) is 11.4 Å². The Hall–Kier alpha value is -2.83. The first-order valence-corrected chi connectivity index (χ1v) is 8.35. The highest BCUT2D eigenvalue weighted by Gasteiger charge is 2.27. The summed E-state index contributed by atoms with van der Waals surface area (Å²) in [6.45, 7) is 1.47. The van der Waals surface area contributed by atoms with Crippen LogP contribution < -0.4 is 10.6 Å². The summed E-state index contributed by atoms with van der Waals surface area (Å²) in [5.41, 5.74) is 8.02. The zero-order valence-corrected chi connectivity index (χ0v) is 14.5. The number of hydrogen-bond donors (Lipinski definition) is 2. The van der Waals surface area contributed by atoms with Crippen LogP contribution in [-0.2, 0) is 4.79 Å². The third kappa shape index (κ3) is 3.50. The molecule has 2 heterocycles. The summed E-state index contributed by atoms with van der Waals surface area (Å²) in [5, 5.41) is 18.2. The van der Waals surface area contributed by atoms with Crippen LogP contribution in [0.2, 0.25) is 0 Å². The van der Waals surface area contributed by atoms with Gasteiger partial charge >= 0.3 is 0 Å². The van der Waals surface area contributed by atoms with E-state index in [2.05, 4.69) is 15.1 Å². The van der Waals surface area contributed by atoms with E-state index in [0.29, 0.717) is 17.1 Å². The average molecular weight is 341 g/mol. The van der Waals surface area contributed by atoms with E-state index in [-0.39, 0.29) is 17.6 Å². The Bertz CT molecular complexity index is 770. The molecule has 0 saturated carbocycles. The summed E-state index contributed by atoms with van der Waals surface area (Å²) < 4.78 is 0. The molecule has 0 unspecified atom stereocenters. The number of nitrogen functional groups attached to an aromatic ring is 1. The number of phenols is 1. The molecular formula is C18H23N5O2. The molecule has 1 aliphatic heterocycles. The Labute approximate surface area is 147 Å². The smallest absolute Gasteiger partial charge is 0.225 e. The van der Waals surface area contributed by atoms with Crippen molar-refractivity contribution < 1.29 is 9.90 Å². The van der Waals surface area contributed by atoms with E-state index in [1.54, 1.807) is 37.2 Å². The molecule has 1 amide bonds. The number of nitrogens with zero attached hydrogens (tertiary/aromatic N) is 4. The van der Waals surface area contributed by atoms with Crippen molar-refractivity contribution in [2.75, 3.05) is 37.8 Å². The minimum Gasteiger partial charge on any atom is -0.507 e. The van der Waals surface area contributed by atoms with Crippen LogP contribution in [-0.4, -0.2) is 53.3 Å². The molecule has 3 rings (SSSR count). The normalized spacial score (nSPS) is 15.2. The molecule has 1 aliphatic rings. The highest BCUT2D eigenvalue weighted by atomic mass is 16.3. The van der Waals surface area contributed by atoms with Crippen molar-refractivity contribution in [3.8, 4) is 17.0 Å². The van der Waals surface area contributed by atoms with Gasteiger partial charge in [-0.1, -0.05) is 12.1 Å². The van der Waals surface area contributed by atoms with Gasteiger partial charge < -0.3 is 20.6 Å². The van der Waals surface area contributed by atoms with Crippen molar-refractivity contribution in [1.29, 1.82) is 0 Å². The standard InChI is InChI=1S/C18H23N5O2/c1-22(2)18(25)12-7-9-23(10-8-12)15-11-14(20-21-17(15)19)13-5-3-4-6-16(13)24/h3-6,11-12,24H,7-10H2,1-2H3,(H2,19,21). The molecule has 1 saturated heterocycles. The van der Waals surface area contributed by atoms with E-state index >= 15 is 0 Å². The lowest BCUT2D eigenvalue weighted by Gasteiger charge is -2.34. The average Bonchev–Trinajstić information content (AvgIpc) is 2.62. The summed E-state index contributed by atoms with van der Waals surface area (Å²) in [6.07, 6.45) is 1.56. The summed E-state index contributed by atoms with van der Waals surface area (Å²) in [7, 11) is 3.58. The van der Waals surface area contributed by atoms with E-state index in [1.165, 1.54) is 0 Å². The lowest BCUT2D eigenvalue weighted by atomic mass is 9.95. The van der Waals surface area contributed by atoms with Crippen LogP contribution in [0.5, 0.6) is 5.75 Å². The van der Waals surface area contributed by atoms with Crippen molar-refractivity contribution in [3.63, 3.8) is 0 Å². The van der Waals surface area contributed by atoms with E-state index in [9.17, 15) is 9.90 Å². The Morgan fingerprint density at radius 2 is 1.92 bits per heavy atom. The minimum atomic E-state index is 0.0555. The fourth-order valence-electron chi connectivity index (χ4n) is 3.20. The van der Waals surface area contributed by atoms with Crippen LogP contribution >= 0.6 is 0 Å². The fraction of sp³-hybridized carbons (Fsp3) is 0.389. The predicted octanol–water partition coefficient (Wildman–Crippen LogP) is 1.74. The number of phenolic OH excluding ortho intramolecular Hbond substituents is 1. The molecule has 132 valence electrons. The lowest BCUT2D eigenvalue weighted by molar-refractivity contribution is -0.133. The van der Waals surface area contributed by atoms with Crippen LogP contribution in [0.15, 0.2) is 30.3 Å². The SMILES string of the molecule is CN(C)C(=O)C1CCN(c2cc(-c3ccccc3O)nnc2N)CC1. The number of para-hydroxylation sites is 1. The third-order valence-electron chi connectivity index (χ3n) is 4.61. The first-order valence-electron chi connectivity index (χ1n) is 8.35. The minimum absolute atomic E-state index is 0.0555. The van der Waals surface area contributed by atoms with Gasteiger partial charge in [-0.3, -0.25) is 4.79 Å². The number of aromatic hydroxyl groups is 1. The Morgan fingerprint density at radius 3 is 2.56 bits per heavy atom. The van der Waals surface area contributed by atoms with E-state index in [4.69, 9.17) is 5.73 Å².